The Hall–Kier alpha value is -0.810. The number of ether oxygens (including phenoxy) is 1. The van der Waals surface area contributed by atoms with E-state index in [1.807, 2.05) is 25.7 Å². The molecule has 5 heteroatoms. The second kappa shape index (κ2) is 6.97. The van der Waals surface area contributed by atoms with Gasteiger partial charge in [-0.25, -0.2) is 4.79 Å². The van der Waals surface area contributed by atoms with Crippen LogP contribution in [0.1, 0.15) is 40.5 Å². The van der Waals surface area contributed by atoms with E-state index in [9.17, 15) is 4.79 Å². The molecular formula is C16H31N3O2. The molecule has 2 aliphatic heterocycles. The molecule has 5 nitrogen and oxygen atoms in total. The SMILES string of the molecule is CC1CNCCN1CC1CCN(C(=O)OC(C)(C)C)CC1. The number of amides is 1. The van der Waals surface area contributed by atoms with Crippen molar-refractivity contribution < 1.29 is 9.53 Å². The number of carbonyl (C=O) groups excluding carboxylic acids is 1. The van der Waals surface area contributed by atoms with Gasteiger partial charge in [-0.3, -0.25) is 4.90 Å². The van der Waals surface area contributed by atoms with Crippen LogP contribution in [0.5, 0.6) is 0 Å². The molecule has 21 heavy (non-hydrogen) atoms. The van der Waals surface area contributed by atoms with Gasteiger partial charge in [-0.05, 0) is 46.5 Å². The summed E-state index contributed by atoms with van der Waals surface area (Å²) < 4.78 is 5.45. The zero-order valence-corrected chi connectivity index (χ0v) is 14.0. The molecule has 0 aromatic carbocycles. The maximum Gasteiger partial charge on any atom is 0.410 e. The average molecular weight is 297 g/mol. The predicted molar refractivity (Wildman–Crippen MR) is 84.4 cm³/mol. The monoisotopic (exact) mass is 297 g/mol. The van der Waals surface area contributed by atoms with E-state index in [1.165, 1.54) is 6.54 Å². The lowest BCUT2D eigenvalue weighted by molar-refractivity contribution is 0.0159. The maximum absolute atomic E-state index is 12.0. The third-order valence-electron chi connectivity index (χ3n) is 4.40. The minimum Gasteiger partial charge on any atom is -0.444 e. The molecule has 122 valence electrons. The summed E-state index contributed by atoms with van der Waals surface area (Å²) in [4.78, 5) is 16.5. The van der Waals surface area contributed by atoms with Crippen LogP contribution < -0.4 is 5.32 Å². The number of likely N-dealkylation sites (tertiary alicyclic amines) is 1. The number of nitrogens with one attached hydrogen (secondary N) is 1. The van der Waals surface area contributed by atoms with Crippen LogP contribution >= 0.6 is 0 Å². The predicted octanol–water partition coefficient (Wildman–Crippen LogP) is 1.93. The van der Waals surface area contributed by atoms with Crippen LogP contribution in [0.15, 0.2) is 0 Å². The average Bonchev–Trinajstić information content (AvgIpc) is 2.40. The van der Waals surface area contributed by atoms with Crippen LogP contribution in [0, 0.1) is 5.92 Å². The van der Waals surface area contributed by atoms with E-state index in [1.54, 1.807) is 0 Å². The van der Waals surface area contributed by atoms with E-state index < -0.39 is 5.60 Å². The summed E-state index contributed by atoms with van der Waals surface area (Å²) in [6.45, 7) is 14.2. The summed E-state index contributed by atoms with van der Waals surface area (Å²) >= 11 is 0. The Kier molecular flexibility index (Phi) is 5.49. The first-order valence-electron chi connectivity index (χ1n) is 8.28. The van der Waals surface area contributed by atoms with Crippen molar-refractivity contribution in [3.8, 4) is 0 Å². The Labute approximate surface area is 129 Å². The summed E-state index contributed by atoms with van der Waals surface area (Å²) in [5, 5.41) is 3.43. The van der Waals surface area contributed by atoms with E-state index in [0.717, 1.165) is 45.6 Å². The van der Waals surface area contributed by atoms with Gasteiger partial charge in [0.05, 0.1) is 0 Å². The molecular weight excluding hydrogens is 266 g/mol. The van der Waals surface area contributed by atoms with Gasteiger partial charge in [0.15, 0.2) is 0 Å². The Morgan fingerprint density at radius 1 is 1.24 bits per heavy atom. The van der Waals surface area contributed by atoms with Crippen LogP contribution in [0.25, 0.3) is 0 Å². The van der Waals surface area contributed by atoms with Gasteiger partial charge in [0, 0.05) is 45.3 Å². The van der Waals surface area contributed by atoms with E-state index in [0.29, 0.717) is 12.0 Å². The van der Waals surface area contributed by atoms with Gasteiger partial charge < -0.3 is 15.0 Å². The number of carbonyl (C=O) groups is 1. The van der Waals surface area contributed by atoms with Crippen molar-refractivity contribution in [1.82, 2.24) is 15.1 Å². The van der Waals surface area contributed by atoms with Crippen molar-refractivity contribution in [1.29, 1.82) is 0 Å². The topological polar surface area (TPSA) is 44.8 Å². The first-order chi connectivity index (χ1) is 9.85. The fourth-order valence-electron chi connectivity index (χ4n) is 3.11. The minimum absolute atomic E-state index is 0.156. The molecule has 0 aromatic heterocycles. The lowest BCUT2D eigenvalue weighted by Crippen LogP contribution is -2.52. The molecule has 0 aromatic rings. The van der Waals surface area contributed by atoms with Gasteiger partial charge in [0.25, 0.3) is 0 Å². The van der Waals surface area contributed by atoms with Crippen molar-refractivity contribution in [2.24, 2.45) is 5.92 Å². The highest BCUT2D eigenvalue weighted by Gasteiger charge is 2.29. The summed E-state index contributed by atoms with van der Waals surface area (Å²) in [6, 6.07) is 0.627. The van der Waals surface area contributed by atoms with E-state index in [-0.39, 0.29) is 6.09 Å². The molecule has 0 radical (unpaired) electrons. The third-order valence-corrected chi connectivity index (χ3v) is 4.40. The first kappa shape index (κ1) is 16.6. The Morgan fingerprint density at radius 2 is 1.90 bits per heavy atom. The highest BCUT2D eigenvalue weighted by molar-refractivity contribution is 5.68. The van der Waals surface area contributed by atoms with Crippen LogP contribution in [0.2, 0.25) is 0 Å². The molecule has 2 fully saturated rings. The number of hydrogen-bond acceptors (Lipinski definition) is 4. The van der Waals surface area contributed by atoms with Crippen molar-refractivity contribution in [2.45, 2.75) is 52.2 Å². The lowest BCUT2D eigenvalue weighted by Gasteiger charge is -2.39. The smallest absolute Gasteiger partial charge is 0.410 e. The molecule has 2 rings (SSSR count). The number of piperazine rings is 1. The largest absolute Gasteiger partial charge is 0.444 e. The number of hydrogen-bond donors (Lipinski definition) is 1. The molecule has 2 saturated heterocycles. The van der Waals surface area contributed by atoms with Gasteiger partial charge in [-0.1, -0.05) is 0 Å². The molecule has 1 atom stereocenters. The van der Waals surface area contributed by atoms with Gasteiger partial charge in [-0.15, -0.1) is 0 Å². The number of nitrogens with zero attached hydrogens (tertiary/aromatic N) is 2. The molecule has 1 unspecified atom stereocenters. The van der Waals surface area contributed by atoms with Crippen molar-refractivity contribution in [3.63, 3.8) is 0 Å². The number of piperidine rings is 1. The highest BCUT2D eigenvalue weighted by Crippen LogP contribution is 2.21. The first-order valence-corrected chi connectivity index (χ1v) is 8.28. The van der Waals surface area contributed by atoms with Crippen molar-refractivity contribution in [3.05, 3.63) is 0 Å². The molecule has 0 saturated carbocycles. The molecule has 1 N–H and O–H groups in total. The van der Waals surface area contributed by atoms with Crippen LogP contribution in [0.4, 0.5) is 4.79 Å². The zero-order chi connectivity index (χ0) is 15.5. The summed E-state index contributed by atoms with van der Waals surface area (Å²) in [6.07, 6.45) is 2.03. The Balaban J connectivity index is 1.74. The summed E-state index contributed by atoms with van der Waals surface area (Å²) in [7, 11) is 0. The molecule has 0 spiro atoms. The van der Waals surface area contributed by atoms with E-state index >= 15 is 0 Å². The van der Waals surface area contributed by atoms with Crippen LogP contribution in [-0.4, -0.2) is 66.8 Å². The van der Waals surface area contributed by atoms with Gasteiger partial charge in [0.2, 0.25) is 0 Å². The maximum atomic E-state index is 12.0. The van der Waals surface area contributed by atoms with Crippen molar-refractivity contribution in [2.75, 3.05) is 39.3 Å². The van der Waals surface area contributed by atoms with E-state index in [4.69, 9.17) is 4.74 Å². The molecule has 0 aliphatic carbocycles. The van der Waals surface area contributed by atoms with Crippen LogP contribution in [-0.2, 0) is 4.74 Å². The third kappa shape index (κ3) is 5.15. The van der Waals surface area contributed by atoms with Crippen LogP contribution in [0.3, 0.4) is 0 Å². The number of rotatable bonds is 2. The second-order valence-electron chi connectivity index (χ2n) is 7.46. The molecule has 1 amide bonds. The molecule has 0 bridgehead atoms. The van der Waals surface area contributed by atoms with Crippen molar-refractivity contribution >= 4 is 6.09 Å². The second-order valence-corrected chi connectivity index (χ2v) is 7.46. The van der Waals surface area contributed by atoms with Gasteiger partial charge in [-0.2, -0.15) is 0 Å². The summed E-state index contributed by atoms with van der Waals surface area (Å²) in [5.74, 6) is 0.712. The Bertz CT molecular complexity index is 346. The minimum atomic E-state index is -0.399. The van der Waals surface area contributed by atoms with Gasteiger partial charge >= 0.3 is 6.09 Å². The fourth-order valence-corrected chi connectivity index (χ4v) is 3.11. The Morgan fingerprint density at radius 3 is 2.48 bits per heavy atom. The quantitative estimate of drug-likeness (QED) is 0.846. The molecule has 2 heterocycles. The molecule has 2 aliphatic rings. The highest BCUT2D eigenvalue weighted by atomic mass is 16.6. The van der Waals surface area contributed by atoms with Gasteiger partial charge in [0.1, 0.15) is 5.60 Å². The normalized spacial score (nSPS) is 25.9. The lowest BCUT2D eigenvalue weighted by atomic mass is 9.95. The van der Waals surface area contributed by atoms with E-state index in [2.05, 4.69) is 17.1 Å². The fraction of sp³-hybridized carbons (Fsp3) is 0.938. The zero-order valence-electron chi connectivity index (χ0n) is 14.0. The standard InChI is InChI=1S/C16H31N3O2/c1-13-11-17-7-10-19(13)12-14-5-8-18(9-6-14)15(20)21-16(2,3)4/h13-14,17H,5-12H2,1-4H3. The summed E-state index contributed by atoms with van der Waals surface area (Å²) in [5.41, 5.74) is -0.399.